The quantitative estimate of drug-likeness (QED) is 0.225. The second-order valence-electron chi connectivity index (χ2n) is 10.7. The number of fused-ring (bicyclic) bond motifs is 9. The van der Waals surface area contributed by atoms with E-state index in [1.165, 1.54) is 82.2 Å². The number of para-hydroxylation sites is 2. The first-order valence-corrected chi connectivity index (χ1v) is 13.5. The van der Waals surface area contributed by atoms with E-state index in [1.807, 2.05) is 0 Å². The summed E-state index contributed by atoms with van der Waals surface area (Å²) in [6.07, 6.45) is 0. The lowest BCUT2D eigenvalue weighted by Gasteiger charge is -2.06. The largest absolute Gasteiger partial charge is 0.344 e. The third kappa shape index (κ3) is 2.75. The van der Waals surface area contributed by atoms with Gasteiger partial charge in [-0.15, -0.1) is 0 Å². The van der Waals surface area contributed by atoms with Gasteiger partial charge >= 0.3 is 0 Å². The number of hydrogen-bond donors (Lipinski definition) is 0. The Labute approximate surface area is 225 Å². The number of aromatic nitrogens is 2. The van der Waals surface area contributed by atoms with E-state index >= 15 is 0 Å². The van der Waals surface area contributed by atoms with Gasteiger partial charge < -0.3 is 8.97 Å². The fraction of sp³-hybridized carbons (Fsp3) is 0.0270. The van der Waals surface area contributed by atoms with Crippen molar-refractivity contribution in [1.29, 1.82) is 0 Å². The normalized spacial score (nSPS) is 12.2. The van der Waals surface area contributed by atoms with Crippen molar-refractivity contribution in [3.8, 4) is 22.3 Å². The summed E-state index contributed by atoms with van der Waals surface area (Å²) < 4.78 is 4.76. The highest BCUT2D eigenvalue weighted by Gasteiger charge is 2.18. The predicted molar refractivity (Wildman–Crippen MR) is 166 cm³/mol. The summed E-state index contributed by atoms with van der Waals surface area (Å²) in [4.78, 5) is 0. The fourth-order valence-electron chi connectivity index (χ4n) is 6.82. The molecule has 0 bridgehead atoms. The molecule has 3 heterocycles. The van der Waals surface area contributed by atoms with Crippen LogP contribution in [-0.2, 0) is 7.05 Å². The van der Waals surface area contributed by atoms with Gasteiger partial charge in [-0.3, -0.25) is 0 Å². The summed E-state index contributed by atoms with van der Waals surface area (Å²) in [6.45, 7) is 0. The average molecular weight is 497 g/mol. The van der Waals surface area contributed by atoms with Crippen molar-refractivity contribution < 1.29 is 0 Å². The molecule has 0 radical (unpaired) electrons. The van der Waals surface area contributed by atoms with E-state index in [1.54, 1.807) is 0 Å². The minimum atomic E-state index is 1.25. The molecule has 0 atom stereocenters. The van der Waals surface area contributed by atoms with Crippen LogP contribution in [0.4, 0.5) is 0 Å². The molecule has 9 rings (SSSR count). The van der Waals surface area contributed by atoms with Crippen molar-refractivity contribution in [3.05, 3.63) is 127 Å². The molecule has 0 saturated carbocycles. The lowest BCUT2D eigenvalue weighted by atomic mass is 9.99. The van der Waals surface area contributed by atoms with Gasteiger partial charge in [0.25, 0.3) is 0 Å². The number of nitrogens with zero attached hydrogens (tertiary/aromatic N) is 2. The second-order valence-corrected chi connectivity index (χ2v) is 10.7. The maximum absolute atomic E-state index is 2.47. The Kier molecular flexibility index (Phi) is 4.02. The summed E-state index contributed by atoms with van der Waals surface area (Å²) in [7, 11) is 2.16. The summed E-state index contributed by atoms with van der Waals surface area (Å²) in [5.74, 6) is 0. The van der Waals surface area contributed by atoms with Gasteiger partial charge in [0.05, 0.1) is 16.6 Å². The molecule has 6 aromatic carbocycles. The lowest BCUT2D eigenvalue weighted by molar-refractivity contribution is 1.01. The first-order chi connectivity index (χ1) is 19.3. The van der Waals surface area contributed by atoms with Crippen LogP contribution >= 0.6 is 0 Å². The predicted octanol–water partition coefficient (Wildman–Crippen LogP) is 9.82. The summed E-state index contributed by atoms with van der Waals surface area (Å²) in [5.41, 5.74) is 11.4. The summed E-state index contributed by atoms with van der Waals surface area (Å²) >= 11 is 0. The monoisotopic (exact) mass is 496 g/mol. The van der Waals surface area contributed by atoms with Crippen molar-refractivity contribution >= 4 is 59.9 Å². The van der Waals surface area contributed by atoms with Gasteiger partial charge in [0.1, 0.15) is 0 Å². The van der Waals surface area contributed by atoms with Crippen LogP contribution in [0.25, 0.3) is 82.2 Å². The van der Waals surface area contributed by atoms with Gasteiger partial charge in [-0.05, 0) is 58.7 Å². The van der Waals surface area contributed by atoms with Gasteiger partial charge in [-0.25, -0.2) is 0 Å². The molecule has 0 N–H and O–H groups in total. The zero-order chi connectivity index (χ0) is 25.7. The van der Waals surface area contributed by atoms with Crippen LogP contribution in [0.3, 0.4) is 0 Å². The lowest BCUT2D eigenvalue weighted by Crippen LogP contribution is -1.86. The third-order valence-electron chi connectivity index (χ3n) is 8.67. The number of aryl methyl sites for hydroxylation is 1. The van der Waals surface area contributed by atoms with Crippen LogP contribution in [-0.4, -0.2) is 8.97 Å². The van der Waals surface area contributed by atoms with Gasteiger partial charge in [0, 0.05) is 50.4 Å². The van der Waals surface area contributed by atoms with Gasteiger partial charge in [0.15, 0.2) is 0 Å². The minimum Gasteiger partial charge on any atom is -0.344 e. The molecule has 2 heteroatoms. The van der Waals surface area contributed by atoms with Crippen LogP contribution in [0.2, 0.25) is 0 Å². The zero-order valence-electron chi connectivity index (χ0n) is 21.5. The Bertz CT molecular complexity index is 2390. The maximum Gasteiger partial charge on any atom is 0.0620 e. The maximum atomic E-state index is 2.47. The summed E-state index contributed by atoms with van der Waals surface area (Å²) in [6, 6.07) is 46.9. The molecule has 39 heavy (non-hydrogen) atoms. The van der Waals surface area contributed by atoms with Crippen LogP contribution in [0.1, 0.15) is 0 Å². The first kappa shape index (κ1) is 20.9. The molecule has 0 fully saturated rings. The van der Waals surface area contributed by atoms with Crippen LogP contribution in [0.15, 0.2) is 127 Å². The van der Waals surface area contributed by atoms with E-state index in [-0.39, 0.29) is 0 Å². The van der Waals surface area contributed by atoms with Crippen molar-refractivity contribution in [2.45, 2.75) is 0 Å². The molecule has 182 valence electrons. The van der Waals surface area contributed by atoms with Gasteiger partial charge in [-0.1, -0.05) is 91.0 Å². The van der Waals surface area contributed by atoms with Crippen LogP contribution in [0.5, 0.6) is 0 Å². The van der Waals surface area contributed by atoms with Crippen LogP contribution < -0.4 is 0 Å². The number of hydrogen-bond acceptors (Lipinski definition) is 0. The highest BCUT2D eigenvalue weighted by Crippen LogP contribution is 2.41. The number of benzene rings is 6. The fourth-order valence-corrected chi connectivity index (χ4v) is 6.82. The van der Waals surface area contributed by atoms with Crippen molar-refractivity contribution in [3.63, 3.8) is 0 Å². The Balaban J connectivity index is 1.30. The third-order valence-corrected chi connectivity index (χ3v) is 8.67. The SMILES string of the molecule is Cn1c2ccccc2c2cc(-c3ccc4c(c3)c3cccc5c6ccc(-c7ccccc7)cc6n4c35)ccc21. The standard InChI is InChI=1S/C37H24N2/c1-38-33-13-6-5-10-27(33)31-20-24(15-18-34(31)38)25-16-19-35-32(21-25)30-12-7-11-29-28-17-14-26(23-8-3-2-4-9-23)22-36(28)39(35)37(29)30/h2-22H,1H3. The molecule has 2 nitrogen and oxygen atoms in total. The molecule has 9 aromatic rings. The van der Waals surface area contributed by atoms with Crippen LogP contribution in [0, 0.1) is 0 Å². The highest BCUT2D eigenvalue weighted by atomic mass is 14.9. The van der Waals surface area contributed by atoms with E-state index in [2.05, 4.69) is 143 Å². The molecule has 0 amide bonds. The molecular weight excluding hydrogens is 472 g/mol. The van der Waals surface area contributed by atoms with E-state index in [4.69, 9.17) is 0 Å². The van der Waals surface area contributed by atoms with Gasteiger partial charge in [0.2, 0.25) is 0 Å². The number of rotatable bonds is 2. The molecule has 0 aliphatic carbocycles. The zero-order valence-corrected chi connectivity index (χ0v) is 21.5. The smallest absolute Gasteiger partial charge is 0.0620 e. The first-order valence-electron chi connectivity index (χ1n) is 13.5. The molecule has 0 aliphatic heterocycles. The second kappa shape index (κ2) is 7.49. The van der Waals surface area contributed by atoms with Crippen molar-refractivity contribution in [2.24, 2.45) is 7.05 Å². The average Bonchev–Trinajstić information content (AvgIpc) is 3.62. The summed E-state index contributed by atoms with van der Waals surface area (Å²) in [5, 5.41) is 7.85. The van der Waals surface area contributed by atoms with E-state index in [0.29, 0.717) is 0 Å². The molecule has 0 aliphatic rings. The molecule has 0 unspecified atom stereocenters. The van der Waals surface area contributed by atoms with E-state index in [0.717, 1.165) is 0 Å². The molecule has 0 saturated heterocycles. The van der Waals surface area contributed by atoms with Crippen molar-refractivity contribution in [1.82, 2.24) is 8.97 Å². The Morgan fingerprint density at radius 1 is 0.359 bits per heavy atom. The van der Waals surface area contributed by atoms with E-state index in [9.17, 15) is 0 Å². The Hall–Kier alpha value is -5.08. The Morgan fingerprint density at radius 3 is 1.74 bits per heavy atom. The molecule has 3 aromatic heterocycles. The van der Waals surface area contributed by atoms with Gasteiger partial charge in [-0.2, -0.15) is 0 Å². The topological polar surface area (TPSA) is 9.34 Å². The molecule has 0 spiro atoms. The Morgan fingerprint density at radius 2 is 0.923 bits per heavy atom. The van der Waals surface area contributed by atoms with Crippen molar-refractivity contribution in [2.75, 3.05) is 0 Å². The van der Waals surface area contributed by atoms with E-state index < -0.39 is 0 Å². The minimum absolute atomic E-state index is 1.25. The molecular formula is C37H24N2. The highest BCUT2D eigenvalue weighted by molar-refractivity contribution is 6.24.